The third kappa shape index (κ3) is 5.27. The van der Waals surface area contributed by atoms with E-state index in [1.165, 1.54) is 31.2 Å². The first-order chi connectivity index (χ1) is 11.8. The smallest absolute Gasteiger partial charge is 0.338 e. The molecule has 0 spiro atoms. The van der Waals surface area contributed by atoms with Crippen molar-refractivity contribution in [1.29, 1.82) is 0 Å². The summed E-state index contributed by atoms with van der Waals surface area (Å²) in [6.07, 6.45) is 3.20. The average molecular weight is 368 g/mol. The molecule has 1 atom stereocenters. The lowest BCUT2D eigenvalue weighted by atomic mass is 10.2. The van der Waals surface area contributed by atoms with Gasteiger partial charge in [-0.15, -0.1) is 0 Å². The molecule has 0 heterocycles. The predicted molar refractivity (Wildman–Crippen MR) is 92.6 cm³/mol. The highest BCUT2D eigenvalue weighted by Gasteiger charge is 2.23. The molecule has 1 saturated carbocycles. The number of carbonyl (C=O) groups excluding carboxylic acids is 2. The lowest BCUT2D eigenvalue weighted by molar-refractivity contribution is -0.129. The fraction of sp³-hybridized carbons (Fsp3) is 0.529. The van der Waals surface area contributed by atoms with Gasteiger partial charge < -0.3 is 10.1 Å². The van der Waals surface area contributed by atoms with Crippen LogP contribution in [-0.2, 0) is 19.6 Å². The maximum Gasteiger partial charge on any atom is 0.338 e. The van der Waals surface area contributed by atoms with E-state index in [-0.39, 0.29) is 29.0 Å². The van der Waals surface area contributed by atoms with Gasteiger partial charge in [0.05, 0.1) is 10.5 Å². The minimum absolute atomic E-state index is 0.0675. The van der Waals surface area contributed by atoms with Crippen LogP contribution in [0, 0.1) is 0 Å². The van der Waals surface area contributed by atoms with Crippen LogP contribution in [0.4, 0.5) is 0 Å². The monoisotopic (exact) mass is 368 g/mol. The van der Waals surface area contributed by atoms with Crippen LogP contribution in [0.3, 0.4) is 0 Å². The van der Waals surface area contributed by atoms with E-state index < -0.39 is 22.1 Å². The fourth-order valence-corrected chi connectivity index (χ4v) is 3.76. The molecule has 0 bridgehead atoms. The second-order valence-corrected chi connectivity index (χ2v) is 7.83. The normalized spacial score (nSPS) is 16.4. The number of hydrogen-bond donors (Lipinski definition) is 2. The predicted octanol–water partition coefficient (Wildman–Crippen LogP) is 1.59. The van der Waals surface area contributed by atoms with Gasteiger partial charge in [0.15, 0.2) is 6.10 Å². The lowest BCUT2D eigenvalue weighted by Crippen LogP contribution is -2.40. The Morgan fingerprint density at radius 2 is 1.80 bits per heavy atom. The van der Waals surface area contributed by atoms with Crippen molar-refractivity contribution in [3.05, 3.63) is 29.8 Å². The van der Waals surface area contributed by atoms with E-state index in [1.807, 2.05) is 0 Å². The van der Waals surface area contributed by atoms with Crippen LogP contribution in [0.15, 0.2) is 29.2 Å². The molecule has 1 aromatic rings. The highest BCUT2D eigenvalue weighted by Crippen LogP contribution is 2.18. The number of rotatable bonds is 7. The summed E-state index contributed by atoms with van der Waals surface area (Å²) in [5, 5.41) is 2.87. The number of carbonyl (C=O) groups is 2. The zero-order chi connectivity index (χ0) is 18.4. The summed E-state index contributed by atoms with van der Waals surface area (Å²) in [7, 11) is -3.57. The van der Waals surface area contributed by atoms with Gasteiger partial charge in [-0.25, -0.2) is 17.9 Å². The van der Waals surface area contributed by atoms with E-state index in [1.54, 1.807) is 6.92 Å². The molecule has 1 aliphatic carbocycles. The number of amides is 1. The highest BCUT2D eigenvalue weighted by molar-refractivity contribution is 7.89. The van der Waals surface area contributed by atoms with Crippen LogP contribution in [-0.4, -0.2) is 39.0 Å². The number of ether oxygens (including phenoxy) is 1. The molecule has 0 unspecified atom stereocenters. The number of sulfonamides is 1. The van der Waals surface area contributed by atoms with E-state index in [9.17, 15) is 18.0 Å². The minimum Gasteiger partial charge on any atom is -0.449 e. The third-order valence-corrected chi connectivity index (χ3v) is 5.65. The van der Waals surface area contributed by atoms with Crippen molar-refractivity contribution >= 4 is 21.9 Å². The van der Waals surface area contributed by atoms with Crippen molar-refractivity contribution in [2.75, 3.05) is 6.54 Å². The lowest BCUT2D eigenvalue weighted by Gasteiger charge is -2.17. The van der Waals surface area contributed by atoms with Crippen molar-refractivity contribution < 1.29 is 22.7 Å². The molecule has 2 N–H and O–H groups in total. The first kappa shape index (κ1) is 19.4. The summed E-state index contributed by atoms with van der Waals surface area (Å²) in [5.74, 6) is -0.979. The second-order valence-electron chi connectivity index (χ2n) is 6.06. The van der Waals surface area contributed by atoms with Crippen LogP contribution in [0.1, 0.15) is 49.9 Å². The van der Waals surface area contributed by atoms with Crippen LogP contribution < -0.4 is 10.0 Å². The van der Waals surface area contributed by atoms with Gasteiger partial charge >= 0.3 is 5.97 Å². The van der Waals surface area contributed by atoms with Crippen molar-refractivity contribution in [2.45, 2.75) is 56.6 Å². The Morgan fingerprint density at radius 1 is 1.20 bits per heavy atom. The summed E-state index contributed by atoms with van der Waals surface area (Å²) >= 11 is 0. The highest BCUT2D eigenvalue weighted by atomic mass is 32.2. The molecule has 1 amide bonds. The zero-order valence-electron chi connectivity index (χ0n) is 14.4. The van der Waals surface area contributed by atoms with Crippen molar-refractivity contribution in [1.82, 2.24) is 10.0 Å². The van der Waals surface area contributed by atoms with E-state index in [4.69, 9.17) is 4.74 Å². The number of esters is 1. The molecule has 8 heteroatoms. The van der Waals surface area contributed by atoms with Gasteiger partial charge in [0.1, 0.15) is 0 Å². The first-order valence-electron chi connectivity index (χ1n) is 8.44. The van der Waals surface area contributed by atoms with Gasteiger partial charge in [-0.05, 0) is 44.0 Å². The Morgan fingerprint density at radius 3 is 2.36 bits per heavy atom. The minimum atomic E-state index is -3.57. The molecule has 7 nitrogen and oxygen atoms in total. The van der Waals surface area contributed by atoms with Crippen LogP contribution in [0.5, 0.6) is 0 Å². The molecular formula is C17H24N2O5S. The Kier molecular flexibility index (Phi) is 6.55. The number of hydrogen-bond acceptors (Lipinski definition) is 5. The molecule has 0 radical (unpaired) electrons. The maximum absolute atomic E-state index is 12.1. The van der Waals surface area contributed by atoms with E-state index >= 15 is 0 Å². The zero-order valence-corrected chi connectivity index (χ0v) is 15.3. The molecule has 2 rings (SSSR count). The molecule has 0 saturated heterocycles. The number of nitrogens with one attached hydrogen (secondary N) is 2. The second kappa shape index (κ2) is 8.44. The van der Waals surface area contributed by atoms with Gasteiger partial charge in [-0.3, -0.25) is 4.79 Å². The van der Waals surface area contributed by atoms with Gasteiger partial charge in [0.2, 0.25) is 10.0 Å². The fourth-order valence-electron chi connectivity index (χ4n) is 2.71. The molecule has 138 valence electrons. The van der Waals surface area contributed by atoms with Crippen molar-refractivity contribution in [2.24, 2.45) is 0 Å². The van der Waals surface area contributed by atoms with Gasteiger partial charge in [-0.2, -0.15) is 0 Å². The summed E-state index contributed by atoms with van der Waals surface area (Å²) in [6.45, 7) is 3.48. The summed E-state index contributed by atoms with van der Waals surface area (Å²) in [5.41, 5.74) is 0.191. The molecule has 1 aromatic carbocycles. The Balaban J connectivity index is 1.94. The van der Waals surface area contributed by atoms with E-state index in [0.717, 1.165) is 25.7 Å². The number of benzene rings is 1. The van der Waals surface area contributed by atoms with E-state index in [0.29, 0.717) is 0 Å². The molecule has 0 aromatic heterocycles. The maximum atomic E-state index is 12.1. The standard InChI is InChI=1S/C17H24N2O5S/c1-3-18-25(22,23)15-10-8-13(9-11-15)17(21)24-12(2)16(20)19-14-6-4-5-7-14/h8-12,14,18H,3-7H2,1-2H3,(H,19,20)/t12-/m0/s1. The quantitative estimate of drug-likeness (QED) is 0.712. The van der Waals surface area contributed by atoms with Gasteiger partial charge in [-0.1, -0.05) is 19.8 Å². The first-order valence-corrected chi connectivity index (χ1v) is 9.93. The summed E-state index contributed by atoms with van der Waals surface area (Å²) < 4.78 is 31.3. The molecule has 25 heavy (non-hydrogen) atoms. The average Bonchev–Trinajstić information content (AvgIpc) is 3.07. The van der Waals surface area contributed by atoms with Crippen LogP contribution in [0.2, 0.25) is 0 Å². The summed E-state index contributed by atoms with van der Waals surface area (Å²) in [6, 6.07) is 5.56. The van der Waals surface area contributed by atoms with Gasteiger partial charge in [0, 0.05) is 12.6 Å². The van der Waals surface area contributed by atoms with Crippen molar-refractivity contribution in [3.63, 3.8) is 0 Å². The van der Waals surface area contributed by atoms with Crippen LogP contribution >= 0.6 is 0 Å². The third-order valence-electron chi connectivity index (χ3n) is 4.09. The van der Waals surface area contributed by atoms with Gasteiger partial charge in [0.25, 0.3) is 5.91 Å². The Hall–Kier alpha value is -1.93. The SMILES string of the molecule is CCNS(=O)(=O)c1ccc(C(=O)O[C@@H](C)C(=O)NC2CCCC2)cc1. The molecule has 0 aliphatic heterocycles. The van der Waals surface area contributed by atoms with Crippen LogP contribution in [0.25, 0.3) is 0 Å². The Labute approximate surface area is 148 Å². The molecule has 1 fully saturated rings. The summed E-state index contributed by atoms with van der Waals surface area (Å²) in [4.78, 5) is 24.2. The van der Waals surface area contributed by atoms with Crippen molar-refractivity contribution in [3.8, 4) is 0 Å². The Bertz CT molecular complexity index is 709. The van der Waals surface area contributed by atoms with E-state index in [2.05, 4.69) is 10.0 Å². The molecule has 1 aliphatic rings. The largest absolute Gasteiger partial charge is 0.449 e. The topological polar surface area (TPSA) is 102 Å². The molecular weight excluding hydrogens is 344 g/mol.